The van der Waals surface area contributed by atoms with Crippen LogP contribution in [0.25, 0.3) is 21.9 Å². The second-order valence-electron chi connectivity index (χ2n) is 6.00. The maximum absolute atomic E-state index is 13.4. The van der Waals surface area contributed by atoms with Crippen molar-refractivity contribution in [2.45, 2.75) is 6.42 Å². The Hall–Kier alpha value is -3.15. The van der Waals surface area contributed by atoms with Crippen LogP contribution < -0.4 is 5.32 Å². The van der Waals surface area contributed by atoms with E-state index in [2.05, 4.69) is 15.3 Å². The Morgan fingerprint density at radius 1 is 1.24 bits per heavy atom. The molecular weight excluding hydrogens is 319 g/mol. The number of aromatic nitrogens is 3. The molecule has 0 aliphatic carbocycles. The van der Waals surface area contributed by atoms with Gasteiger partial charge in [0.1, 0.15) is 17.3 Å². The molecule has 0 saturated heterocycles. The summed E-state index contributed by atoms with van der Waals surface area (Å²) in [5.41, 5.74) is 2.97. The fraction of sp³-hybridized carbons (Fsp3) is 0.158. The first kappa shape index (κ1) is 15.4. The van der Waals surface area contributed by atoms with Gasteiger partial charge in [0, 0.05) is 30.9 Å². The summed E-state index contributed by atoms with van der Waals surface area (Å²) in [6, 6.07) is 14.1. The van der Waals surface area contributed by atoms with Gasteiger partial charge >= 0.3 is 0 Å². The molecule has 2 N–H and O–H groups in total. The molecule has 0 aliphatic heterocycles. The second kappa shape index (κ2) is 6.05. The molecular formula is C19H17FN4O. The standard InChI is InChI=1S/C19H17FN4O/c1-24-17-11-13(20)6-7-15(17)23-18(24)8-9-21-19(25)16-10-12-4-2-3-5-14(12)22-16/h2-7,10-11,22H,8-9H2,1H3,(H,21,25). The van der Waals surface area contributed by atoms with Gasteiger partial charge in [0.05, 0.1) is 11.0 Å². The largest absolute Gasteiger partial charge is 0.351 e. The number of carbonyl (C=O) groups is 1. The fourth-order valence-electron chi connectivity index (χ4n) is 3.02. The van der Waals surface area contributed by atoms with Crippen LogP contribution in [0.1, 0.15) is 16.3 Å². The number of H-pyrrole nitrogens is 1. The zero-order valence-electron chi connectivity index (χ0n) is 13.7. The zero-order chi connectivity index (χ0) is 17.4. The van der Waals surface area contributed by atoms with E-state index in [-0.39, 0.29) is 11.7 Å². The number of para-hydroxylation sites is 1. The fourth-order valence-corrected chi connectivity index (χ4v) is 3.02. The van der Waals surface area contributed by atoms with Crippen LogP contribution in [0.15, 0.2) is 48.5 Å². The molecule has 2 aromatic heterocycles. The molecule has 0 saturated carbocycles. The summed E-state index contributed by atoms with van der Waals surface area (Å²) < 4.78 is 15.2. The van der Waals surface area contributed by atoms with Crippen LogP contribution in [0.2, 0.25) is 0 Å². The predicted molar refractivity (Wildman–Crippen MR) is 95.0 cm³/mol. The zero-order valence-corrected chi connectivity index (χ0v) is 13.7. The minimum atomic E-state index is -0.283. The smallest absolute Gasteiger partial charge is 0.267 e. The molecule has 4 rings (SSSR count). The molecule has 0 atom stereocenters. The van der Waals surface area contributed by atoms with Gasteiger partial charge in [0.25, 0.3) is 5.91 Å². The van der Waals surface area contributed by atoms with E-state index in [1.165, 1.54) is 12.1 Å². The molecule has 0 bridgehead atoms. The van der Waals surface area contributed by atoms with Crippen LogP contribution in [-0.4, -0.2) is 27.0 Å². The number of hydrogen-bond acceptors (Lipinski definition) is 2. The lowest BCUT2D eigenvalue weighted by Crippen LogP contribution is -2.26. The number of nitrogens with zero attached hydrogens (tertiary/aromatic N) is 2. The summed E-state index contributed by atoms with van der Waals surface area (Å²) in [5, 5.41) is 3.90. The highest BCUT2D eigenvalue weighted by Gasteiger charge is 2.11. The minimum absolute atomic E-state index is 0.152. The van der Waals surface area contributed by atoms with E-state index in [0.29, 0.717) is 18.7 Å². The molecule has 0 spiro atoms. The molecule has 6 heteroatoms. The minimum Gasteiger partial charge on any atom is -0.351 e. The van der Waals surface area contributed by atoms with Crippen molar-refractivity contribution in [3.05, 3.63) is 65.9 Å². The van der Waals surface area contributed by atoms with Crippen LogP contribution in [0.5, 0.6) is 0 Å². The van der Waals surface area contributed by atoms with Gasteiger partial charge in [-0.1, -0.05) is 18.2 Å². The van der Waals surface area contributed by atoms with Gasteiger partial charge < -0.3 is 14.9 Å². The Labute approximate surface area is 143 Å². The molecule has 126 valence electrons. The van der Waals surface area contributed by atoms with E-state index < -0.39 is 0 Å². The second-order valence-corrected chi connectivity index (χ2v) is 6.00. The number of imidazole rings is 1. The van der Waals surface area contributed by atoms with Crippen molar-refractivity contribution in [1.82, 2.24) is 19.9 Å². The molecule has 1 amide bonds. The number of fused-ring (bicyclic) bond motifs is 2. The number of aryl methyl sites for hydroxylation is 1. The van der Waals surface area contributed by atoms with Crippen LogP contribution in [-0.2, 0) is 13.5 Å². The highest BCUT2D eigenvalue weighted by atomic mass is 19.1. The van der Waals surface area contributed by atoms with Gasteiger partial charge in [-0.3, -0.25) is 4.79 Å². The maximum atomic E-state index is 13.4. The third kappa shape index (κ3) is 2.87. The molecule has 2 heterocycles. The maximum Gasteiger partial charge on any atom is 0.267 e. The first-order valence-electron chi connectivity index (χ1n) is 8.08. The normalized spacial score (nSPS) is 11.3. The van der Waals surface area contributed by atoms with Crippen LogP contribution in [0.4, 0.5) is 4.39 Å². The third-order valence-corrected chi connectivity index (χ3v) is 4.34. The number of halogens is 1. The molecule has 2 aromatic carbocycles. The summed E-state index contributed by atoms with van der Waals surface area (Å²) in [6.45, 7) is 0.452. The Balaban J connectivity index is 1.45. The number of aromatic amines is 1. The van der Waals surface area contributed by atoms with Crippen molar-refractivity contribution >= 4 is 27.8 Å². The lowest BCUT2D eigenvalue weighted by Gasteiger charge is -2.04. The predicted octanol–water partition coefficient (Wildman–Crippen LogP) is 3.17. The topological polar surface area (TPSA) is 62.7 Å². The molecule has 0 aliphatic rings. The summed E-state index contributed by atoms with van der Waals surface area (Å²) in [4.78, 5) is 19.9. The van der Waals surface area contributed by atoms with Crippen molar-refractivity contribution in [2.24, 2.45) is 7.05 Å². The average Bonchev–Trinajstić information content (AvgIpc) is 3.17. The van der Waals surface area contributed by atoms with Crippen LogP contribution >= 0.6 is 0 Å². The lowest BCUT2D eigenvalue weighted by atomic mass is 10.2. The molecule has 0 unspecified atom stereocenters. The molecule has 25 heavy (non-hydrogen) atoms. The van der Waals surface area contributed by atoms with Gasteiger partial charge in [-0.25, -0.2) is 9.37 Å². The van der Waals surface area contributed by atoms with Crippen LogP contribution in [0, 0.1) is 5.82 Å². The Morgan fingerprint density at radius 3 is 2.92 bits per heavy atom. The number of amides is 1. The number of benzene rings is 2. The van der Waals surface area contributed by atoms with Gasteiger partial charge in [0.2, 0.25) is 0 Å². The van der Waals surface area contributed by atoms with Crippen molar-refractivity contribution in [3.63, 3.8) is 0 Å². The number of nitrogens with one attached hydrogen (secondary N) is 2. The van der Waals surface area contributed by atoms with E-state index in [4.69, 9.17) is 0 Å². The van der Waals surface area contributed by atoms with E-state index in [1.807, 2.05) is 41.9 Å². The third-order valence-electron chi connectivity index (χ3n) is 4.34. The molecule has 0 radical (unpaired) electrons. The van der Waals surface area contributed by atoms with Gasteiger partial charge in [-0.2, -0.15) is 0 Å². The average molecular weight is 336 g/mol. The number of hydrogen-bond donors (Lipinski definition) is 2. The van der Waals surface area contributed by atoms with Crippen molar-refractivity contribution in [2.75, 3.05) is 6.54 Å². The van der Waals surface area contributed by atoms with Crippen molar-refractivity contribution in [3.8, 4) is 0 Å². The first-order valence-corrected chi connectivity index (χ1v) is 8.08. The Bertz CT molecular complexity index is 1050. The van der Waals surface area contributed by atoms with Gasteiger partial charge in [0.15, 0.2) is 0 Å². The van der Waals surface area contributed by atoms with E-state index in [1.54, 1.807) is 6.07 Å². The highest BCUT2D eigenvalue weighted by molar-refractivity contribution is 5.97. The number of carbonyl (C=O) groups excluding carboxylic acids is 1. The lowest BCUT2D eigenvalue weighted by molar-refractivity contribution is 0.0950. The monoisotopic (exact) mass is 336 g/mol. The summed E-state index contributed by atoms with van der Waals surface area (Å²) in [6.07, 6.45) is 0.568. The van der Waals surface area contributed by atoms with Gasteiger partial charge in [-0.05, 0) is 30.3 Å². The molecule has 4 aromatic rings. The summed E-state index contributed by atoms with van der Waals surface area (Å²) >= 11 is 0. The SMILES string of the molecule is Cn1c(CCNC(=O)c2cc3ccccc3[nH]2)nc2ccc(F)cc21. The summed E-state index contributed by atoms with van der Waals surface area (Å²) in [7, 11) is 1.85. The molecule has 0 fully saturated rings. The quantitative estimate of drug-likeness (QED) is 0.601. The molecule has 5 nitrogen and oxygen atoms in total. The van der Waals surface area contributed by atoms with E-state index in [9.17, 15) is 9.18 Å². The first-order chi connectivity index (χ1) is 12.1. The van der Waals surface area contributed by atoms with Crippen molar-refractivity contribution in [1.29, 1.82) is 0 Å². The van der Waals surface area contributed by atoms with E-state index in [0.717, 1.165) is 27.8 Å². The Kier molecular flexibility index (Phi) is 3.72. The summed E-state index contributed by atoms with van der Waals surface area (Å²) in [5.74, 6) is 0.368. The van der Waals surface area contributed by atoms with Crippen molar-refractivity contribution < 1.29 is 9.18 Å². The Morgan fingerprint density at radius 2 is 2.08 bits per heavy atom. The van der Waals surface area contributed by atoms with Crippen LogP contribution in [0.3, 0.4) is 0 Å². The number of rotatable bonds is 4. The van der Waals surface area contributed by atoms with E-state index >= 15 is 0 Å². The van der Waals surface area contributed by atoms with Gasteiger partial charge in [-0.15, -0.1) is 0 Å². The highest BCUT2D eigenvalue weighted by Crippen LogP contribution is 2.17.